The number of fused-ring (bicyclic) bond motifs is 1. The third kappa shape index (κ3) is 1.97. The smallest absolute Gasteiger partial charge is 0.227 e. The zero-order valence-corrected chi connectivity index (χ0v) is 11.2. The largest absolute Gasteiger partial charge is 0.497 e. The molecular weight excluding hydrogens is 238 g/mol. The van der Waals surface area contributed by atoms with E-state index in [4.69, 9.17) is 9.15 Å². The van der Waals surface area contributed by atoms with Crippen LogP contribution in [0.2, 0.25) is 0 Å². The highest BCUT2D eigenvalue weighted by Crippen LogP contribution is 2.32. The first-order valence-corrected chi connectivity index (χ1v) is 6.20. The molecule has 3 heteroatoms. The first-order valence-electron chi connectivity index (χ1n) is 6.20. The van der Waals surface area contributed by atoms with Crippen LogP contribution in [0.3, 0.4) is 0 Å². The number of methoxy groups -OCH3 is 1. The van der Waals surface area contributed by atoms with Crippen LogP contribution in [-0.2, 0) is 0 Å². The summed E-state index contributed by atoms with van der Waals surface area (Å²) in [6, 6.07) is 11.8. The van der Waals surface area contributed by atoms with E-state index in [-0.39, 0.29) is 0 Å². The lowest BCUT2D eigenvalue weighted by Gasteiger charge is -2.08. The molecule has 0 aliphatic heterocycles. The van der Waals surface area contributed by atoms with Crippen molar-refractivity contribution in [2.75, 3.05) is 7.11 Å². The number of aromatic nitrogens is 1. The zero-order valence-electron chi connectivity index (χ0n) is 11.2. The fourth-order valence-corrected chi connectivity index (χ4v) is 2.36. The lowest BCUT2D eigenvalue weighted by molar-refractivity contribution is 0.414. The molecule has 3 rings (SSSR count). The van der Waals surface area contributed by atoms with E-state index in [9.17, 15) is 0 Å². The van der Waals surface area contributed by atoms with Crippen molar-refractivity contribution in [3.05, 3.63) is 47.5 Å². The quantitative estimate of drug-likeness (QED) is 0.689. The Morgan fingerprint density at radius 3 is 2.37 bits per heavy atom. The maximum Gasteiger partial charge on any atom is 0.227 e. The monoisotopic (exact) mass is 253 g/mol. The van der Waals surface area contributed by atoms with Crippen molar-refractivity contribution in [1.29, 1.82) is 0 Å². The molecule has 0 fully saturated rings. The molecular formula is C16H15NO2. The summed E-state index contributed by atoms with van der Waals surface area (Å²) in [5.41, 5.74) is 4.93. The average molecular weight is 253 g/mol. The van der Waals surface area contributed by atoms with Crippen LogP contribution in [0.15, 0.2) is 40.8 Å². The van der Waals surface area contributed by atoms with Gasteiger partial charge in [-0.25, -0.2) is 4.98 Å². The highest BCUT2D eigenvalue weighted by molar-refractivity contribution is 5.77. The lowest BCUT2D eigenvalue weighted by Crippen LogP contribution is -1.91. The molecule has 3 aromatic rings. The summed E-state index contributed by atoms with van der Waals surface area (Å²) >= 11 is 0. The van der Waals surface area contributed by atoms with Gasteiger partial charge in [0.15, 0.2) is 5.58 Å². The van der Waals surface area contributed by atoms with Crippen molar-refractivity contribution >= 4 is 11.1 Å². The van der Waals surface area contributed by atoms with Crippen LogP contribution >= 0.6 is 0 Å². The van der Waals surface area contributed by atoms with Crippen LogP contribution in [0.25, 0.3) is 22.6 Å². The van der Waals surface area contributed by atoms with E-state index in [1.165, 1.54) is 0 Å². The zero-order chi connectivity index (χ0) is 13.4. The molecule has 0 unspecified atom stereocenters. The van der Waals surface area contributed by atoms with E-state index in [1.807, 2.05) is 50.2 Å². The number of hydrogen-bond acceptors (Lipinski definition) is 3. The molecule has 0 aliphatic rings. The molecule has 1 heterocycles. The standard InChI is InChI=1S/C16H15NO2/c1-10-8-12(18-3)9-11(2)15(10)16-17-13-6-4-5-7-14(13)19-16/h4-9H,1-3H3. The lowest BCUT2D eigenvalue weighted by atomic mass is 10.0. The SMILES string of the molecule is COc1cc(C)c(-c2nc3ccccc3o2)c(C)c1. The average Bonchev–Trinajstić information content (AvgIpc) is 2.80. The van der Waals surface area contributed by atoms with Crippen LogP contribution < -0.4 is 4.74 Å². The van der Waals surface area contributed by atoms with Gasteiger partial charge in [0.1, 0.15) is 11.3 Å². The first kappa shape index (κ1) is 11.8. The predicted octanol–water partition coefficient (Wildman–Crippen LogP) is 4.12. The summed E-state index contributed by atoms with van der Waals surface area (Å²) in [4.78, 5) is 4.55. The number of para-hydroxylation sites is 2. The Morgan fingerprint density at radius 2 is 1.74 bits per heavy atom. The number of rotatable bonds is 2. The van der Waals surface area contributed by atoms with Gasteiger partial charge in [-0.15, -0.1) is 0 Å². The van der Waals surface area contributed by atoms with E-state index in [0.29, 0.717) is 5.89 Å². The van der Waals surface area contributed by atoms with Gasteiger partial charge in [0, 0.05) is 5.56 Å². The van der Waals surface area contributed by atoms with Crippen molar-refractivity contribution in [2.24, 2.45) is 0 Å². The fourth-order valence-electron chi connectivity index (χ4n) is 2.36. The van der Waals surface area contributed by atoms with Gasteiger partial charge < -0.3 is 9.15 Å². The molecule has 2 aromatic carbocycles. The number of aryl methyl sites for hydroxylation is 2. The van der Waals surface area contributed by atoms with Crippen molar-refractivity contribution in [3.63, 3.8) is 0 Å². The Labute approximate surface area is 111 Å². The van der Waals surface area contributed by atoms with Crippen LogP contribution in [-0.4, -0.2) is 12.1 Å². The number of hydrogen-bond donors (Lipinski definition) is 0. The molecule has 19 heavy (non-hydrogen) atoms. The number of oxazole rings is 1. The van der Waals surface area contributed by atoms with Gasteiger partial charge in [-0.2, -0.15) is 0 Å². The van der Waals surface area contributed by atoms with Gasteiger partial charge in [0.25, 0.3) is 0 Å². The van der Waals surface area contributed by atoms with Crippen molar-refractivity contribution in [3.8, 4) is 17.2 Å². The summed E-state index contributed by atoms with van der Waals surface area (Å²) in [6.45, 7) is 4.08. The third-order valence-corrected chi connectivity index (χ3v) is 3.25. The molecule has 0 bridgehead atoms. The van der Waals surface area contributed by atoms with Gasteiger partial charge in [-0.05, 0) is 49.2 Å². The number of benzene rings is 2. The minimum absolute atomic E-state index is 0.666. The third-order valence-electron chi connectivity index (χ3n) is 3.25. The minimum atomic E-state index is 0.666. The van der Waals surface area contributed by atoms with Crippen molar-refractivity contribution < 1.29 is 9.15 Å². The van der Waals surface area contributed by atoms with E-state index in [2.05, 4.69) is 4.98 Å². The predicted molar refractivity (Wildman–Crippen MR) is 75.5 cm³/mol. The van der Waals surface area contributed by atoms with Crippen molar-refractivity contribution in [2.45, 2.75) is 13.8 Å². The summed E-state index contributed by atoms with van der Waals surface area (Å²) in [5.74, 6) is 1.52. The second kappa shape index (κ2) is 4.43. The van der Waals surface area contributed by atoms with E-state index >= 15 is 0 Å². The molecule has 0 aliphatic carbocycles. The van der Waals surface area contributed by atoms with Gasteiger partial charge in [0.2, 0.25) is 5.89 Å². The Balaban J connectivity index is 2.21. The molecule has 0 spiro atoms. The van der Waals surface area contributed by atoms with E-state index in [1.54, 1.807) is 7.11 Å². The van der Waals surface area contributed by atoms with Gasteiger partial charge in [0.05, 0.1) is 7.11 Å². The first-order chi connectivity index (χ1) is 9.19. The Bertz CT molecular complexity index is 687. The molecule has 0 amide bonds. The normalized spacial score (nSPS) is 10.9. The molecule has 96 valence electrons. The van der Waals surface area contributed by atoms with Crippen LogP contribution in [0, 0.1) is 13.8 Å². The second-order valence-corrected chi connectivity index (χ2v) is 4.62. The Hall–Kier alpha value is -2.29. The fraction of sp³-hybridized carbons (Fsp3) is 0.188. The van der Waals surface area contributed by atoms with Crippen molar-refractivity contribution in [1.82, 2.24) is 4.98 Å². The summed E-state index contributed by atoms with van der Waals surface area (Å²) in [6.07, 6.45) is 0. The topological polar surface area (TPSA) is 35.3 Å². The Morgan fingerprint density at radius 1 is 1.05 bits per heavy atom. The second-order valence-electron chi connectivity index (χ2n) is 4.62. The summed E-state index contributed by atoms with van der Waals surface area (Å²) < 4.78 is 11.1. The van der Waals surface area contributed by atoms with Gasteiger partial charge in [-0.1, -0.05) is 12.1 Å². The van der Waals surface area contributed by atoms with Crippen LogP contribution in [0.4, 0.5) is 0 Å². The molecule has 1 aromatic heterocycles. The van der Waals surface area contributed by atoms with Gasteiger partial charge >= 0.3 is 0 Å². The van der Waals surface area contributed by atoms with Crippen LogP contribution in [0.5, 0.6) is 5.75 Å². The molecule has 0 saturated heterocycles. The Kier molecular flexibility index (Phi) is 2.75. The van der Waals surface area contributed by atoms with Crippen LogP contribution in [0.1, 0.15) is 11.1 Å². The summed E-state index contributed by atoms with van der Waals surface area (Å²) in [5, 5.41) is 0. The maximum absolute atomic E-state index is 5.84. The molecule has 0 radical (unpaired) electrons. The van der Waals surface area contributed by atoms with E-state index < -0.39 is 0 Å². The molecule has 3 nitrogen and oxygen atoms in total. The highest BCUT2D eigenvalue weighted by Gasteiger charge is 2.14. The molecule has 0 N–H and O–H groups in total. The molecule has 0 atom stereocenters. The molecule has 0 saturated carbocycles. The van der Waals surface area contributed by atoms with Gasteiger partial charge in [-0.3, -0.25) is 0 Å². The maximum atomic E-state index is 5.84. The number of nitrogens with zero attached hydrogens (tertiary/aromatic N) is 1. The number of ether oxygens (including phenoxy) is 1. The summed E-state index contributed by atoms with van der Waals surface area (Å²) in [7, 11) is 1.67. The minimum Gasteiger partial charge on any atom is -0.497 e. The highest BCUT2D eigenvalue weighted by atomic mass is 16.5. The van der Waals surface area contributed by atoms with E-state index in [0.717, 1.165) is 33.5 Å².